The van der Waals surface area contributed by atoms with Crippen molar-refractivity contribution in [2.45, 2.75) is 34.1 Å². The molecule has 30 heavy (non-hydrogen) atoms. The number of rotatable bonds is 8. The molecule has 0 aliphatic heterocycles. The van der Waals surface area contributed by atoms with Crippen LogP contribution < -0.4 is 4.72 Å². The first-order chi connectivity index (χ1) is 14.1. The van der Waals surface area contributed by atoms with E-state index >= 15 is 0 Å². The molecular formula is C20H21ClN2O4S3. The normalized spacial score (nSPS) is 13.5. The number of halogens is 1. The number of sulfone groups is 1. The Morgan fingerprint density at radius 2 is 1.70 bits per heavy atom. The average molecular weight is 485 g/mol. The van der Waals surface area contributed by atoms with Crippen LogP contribution in [-0.2, 0) is 19.9 Å². The highest BCUT2D eigenvalue weighted by Gasteiger charge is 2.31. The summed E-state index contributed by atoms with van der Waals surface area (Å²) in [5, 5.41) is -1.14. The van der Waals surface area contributed by atoms with Crippen LogP contribution in [0.1, 0.15) is 36.1 Å². The van der Waals surface area contributed by atoms with E-state index in [2.05, 4.69) is 9.71 Å². The minimum Gasteiger partial charge on any atom is -0.264 e. The first-order valence-electron chi connectivity index (χ1n) is 9.10. The predicted octanol–water partition coefficient (Wildman–Crippen LogP) is 4.41. The molecule has 1 aromatic carbocycles. The number of hydrogen-bond donors (Lipinski definition) is 1. The predicted molar refractivity (Wildman–Crippen MR) is 119 cm³/mol. The van der Waals surface area contributed by atoms with Crippen molar-refractivity contribution in [2.75, 3.05) is 6.54 Å². The molecule has 2 aromatic heterocycles. The van der Waals surface area contributed by atoms with Crippen LogP contribution in [0.2, 0.25) is 4.34 Å². The summed E-state index contributed by atoms with van der Waals surface area (Å²) in [5.74, 6) is 0.264. The fraction of sp³-hybridized carbons (Fsp3) is 0.250. The van der Waals surface area contributed by atoms with Crippen molar-refractivity contribution in [1.29, 1.82) is 0 Å². The summed E-state index contributed by atoms with van der Waals surface area (Å²) in [6.07, 6.45) is 2.96. The molecule has 0 saturated heterocycles. The van der Waals surface area contributed by atoms with Gasteiger partial charge < -0.3 is 0 Å². The molecule has 6 nitrogen and oxygen atoms in total. The minimum absolute atomic E-state index is 0.0242. The summed E-state index contributed by atoms with van der Waals surface area (Å²) in [6.45, 7) is 3.71. The van der Waals surface area contributed by atoms with Crippen molar-refractivity contribution in [3.8, 4) is 0 Å². The third kappa shape index (κ3) is 5.09. The van der Waals surface area contributed by atoms with Gasteiger partial charge in [-0.25, -0.2) is 21.6 Å². The van der Waals surface area contributed by atoms with Gasteiger partial charge in [-0.3, -0.25) is 4.98 Å². The van der Waals surface area contributed by atoms with E-state index in [1.165, 1.54) is 24.5 Å². The number of sulfonamides is 1. The zero-order valence-corrected chi connectivity index (χ0v) is 19.5. The van der Waals surface area contributed by atoms with E-state index in [0.29, 0.717) is 9.90 Å². The third-order valence-electron chi connectivity index (χ3n) is 4.58. The first-order valence-corrected chi connectivity index (χ1v) is 13.3. The molecule has 3 aromatic rings. The second kappa shape index (κ2) is 9.15. The van der Waals surface area contributed by atoms with Crippen LogP contribution >= 0.6 is 22.9 Å². The molecule has 2 heterocycles. The van der Waals surface area contributed by atoms with Crippen LogP contribution in [-0.4, -0.2) is 28.4 Å². The molecule has 1 N–H and O–H groups in total. The lowest BCUT2D eigenvalue weighted by atomic mass is 10.0. The van der Waals surface area contributed by atoms with Gasteiger partial charge in [0, 0.05) is 18.9 Å². The van der Waals surface area contributed by atoms with Crippen molar-refractivity contribution in [3.63, 3.8) is 0 Å². The molecule has 0 aliphatic rings. The number of pyridine rings is 1. The van der Waals surface area contributed by atoms with Gasteiger partial charge in [0.1, 0.15) is 9.46 Å². The number of thiophene rings is 1. The SMILES string of the molecule is CC(C)c1ccc(S(=O)(=O)C(CNS(=O)(=O)c2ccc(Cl)s2)c2cccnc2)cc1. The maximum absolute atomic E-state index is 13.4. The van der Waals surface area contributed by atoms with Crippen molar-refractivity contribution < 1.29 is 16.8 Å². The molecule has 0 radical (unpaired) electrons. The van der Waals surface area contributed by atoms with Gasteiger partial charge in [-0.15, -0.1) is 11.3 Å². The molecule has 0 saturated carbocycles. The Hall–Kier alpha value is -1.78. The number of nitrogens with one attached hydrogen (secondary N) is 1. The van der Waals surface area contributed by atoms with Crippen molar-refractivity contribution in [1.82, 2.24) is 9.71 Å². The molecule has 0 fully saturated rings. The molecule has 0 amide bonds. The van der Waals surface area contributed by atoms with Crippen LogP contribution in [0, 0.1) is 0 Å². The van der Waals surface area contributed by atoms with Crippen LogP contribution in [0.4, 0.5) is 0 Å². The van der Waals surface area contributed by atoms with E-state index in [1.807, 2.05) is 13.8 Å². The lowest BCUT2D eigenvalue weighted by molar-refractivity contribution is 0.569. The second-order valence-corrected chi connectivity index (χ2v) is 12.8. The van der Waals surface area contributed by atoms with E-state index in [0.717, 1.165) is 16.9 Å². The zero-order chi connectivity index (χ0) is 21.9. The Balaban J connectivity index is 1.95. The Labute approximate surface area is 185 Å². The fourth-order valence-electron chi connectivity index (χ4n) is 2.88. The van der Waals surface area contributed by atoms with Crippen molar-refractivity contribution in [2.24, 2.45) is 0 Å². The maximum atomic E-state index is 13.4. The summed E-state index contributed by atoms with van der Waals surface area (Å²) >= 11 is 6.74. The standard InChI is InChI=1S/C20H21ClN2O4S3/c1-14(2)15-5-7-17(8-6-15)29(24,25)18(16-4-3-11-22-12-16)13-23-30(26,27)20-10-9-19(21)28-20/h3-12,14,18,23H,13H2,1-2H3. The summed E-state index contributed by atoms with van der Waals surface area (Å²) in [4.78, 5) is 4.12. The van der Waals surface area contributed by atoms with E-state index in [9.17, 15) is 16.8 Å². The summed E-state index contributed by atoms with van der Waals surface area (Å²) in [5.41, 5.74) is 1.42. The summed E-state index contributed by atoms with van der Waals surface area (Å²) < 4.78 is 54.7. The molecule has 0 spiro atoms. The Morgan fingerprint density at radius 3 is 2.23 bits per heavy atom. The molecule has 0 bridgehead atoms. The molecule has 10 heteroatoms. The summed E-state index contributed by atoms with van der Waals surface area (Å²) in [7, 11) is -7.79. The molecule has 1 atom stereocenters. The van der Waals surface area contributed by atoms with Crippen molar-refractivity contribution >= 4 is 42.8 Å². The van der Waals surface area contributed by atoms with Gasteiger partial charge in [0.15, 0.2) is 9.84 Å². The fourth-order valence-corrected chi connectivity index (χ4v) is 7.20. The van der Waals surface area contributed by atoms with Gasteiger partial charge in [-0.2, -0.15) is 0 Å². The number of nitrogens with zero attached hydrogens (tertiary/aromatic N) is 1. The highest BCUT2D eigenvalue weighted by atomic mass is 35.5. The van der Waals surface area contributed by atoms with E-state index < -0.39 is 25.1 Å². The van der Waals surface area contributed by atoms with Gasteiger partial charge in [-0.1, -0.05) is 43.6 Å². The smallest absolute Gasteiger partial charge is 0.250 e. The molecule has 0 aliphatic carbocycles. The molecule has 1 unspecified atom stereocenters. The largest absolute Gasteiger partial charge is 0.264 e. The van der Waals surface area contributed by atoms with Gasteiger partial charge in [0.25, 0.3) is 0 Å². The van der Waals surface area contributed by atoms with Crippen LogP contribution in [0.25, 0.3) is 0 Å². The third-order valence-corrected chi connectivity index (χ3v) is 9.84. The highest BCUT2D eigenvalue weighted by Crippen LogP contribution is 2.30. The minimum atomic E-state index is -3.90. The number of benzene rings is 1. The monoisotopic (exact) mass is 484 g/mol. The molecular weight excluding hydrogens is 464 g/mol. The lowest BCUT2D eigenvalue weighted by Gasteiger charge is -2.19. The zero-order valence-electron chi connectivity index (χ0n) is 16.3. The molecule has 3 rings (SSSR count). The Bertz CT molecular complexity index is 1210. The lowest BCUT2D eigenvalue weighted by Crippen LogP contribution is -2.31. The van der Waals surface area contributed by atoms with Gasteiger partial charge in [-0.05, 0) is 47.4 Å². The van der Waals surface area contributed by atoms with E-state index in [1.54, 1.807) is 36.4 Å². The number of hydrogen-bond acceptors (Lipinski definition) is 6. The van der Waals surface area contributed by atoms with Gasteiger partial charge >= 0.3 is 0 Å². The van der Waals surface area contributed by atoms with Crippen LogP contribution in [0.5, 0.6) is 0 Å². The van der Waals surface area contributed by atoms with Gasteiger partial charge in [0.05, 0.1) is 9.23 Å². The topological polar surface area (TPSA) is 93.2 Å². The van der Waals surface area contributed by atoms with E-state index in [4.69, 9.17) is 11.6 Å². The quantitative estimate of drug-likeness (QED) is 0.511. The number of aromatic nitrogens is 1. The second-order valence-electron chi connectivity index (χ2n) is 6.95. The van der Waals surface area contributed by atoms with Crippen molar-refractivity contribution in [3.05, 3.63) is 76.4 Å². The van der Waals surface area contributed by atoms with Crippen LogP contribution in [0.15, 0.2) is 70.0 Å². The van der Waals surface area contributed by atoms with Gasteiger partial charge in [0.2, 0.25) is 10.0 Å². The molecule has 160 valence electrons. The Morgan fingerprint density at radius 1 is 1.00 bits per heavy atom. The average Bonchev–Trinajstić information content (AvgIpc) is 3.16. The Kier molecular flexibility index (Phi) is 6.98. The highest BCUT2D eigenvalue weighted by molar-refractivity contribution is 7.92. The first kappa shape index (κ1) is 22.9. The maximum Gasteiger partial charge on any atom is 0.250 e. The summed E-state index contributed by atoms with van der Waals surface area (Å²) in [6, 6.07) is 12.8. The van der Waals surface area contributed by atoms with Crippen LogP contribution in [0.3, 0.4) is 0 Å². The van der Waals surface area contributed by atoms with E-state index in [-0.39, 0.29) is 21.6 Å².